The number of piperidine rings is 1. The smallest absolute Gasteiger partial charge is 0.337 e. The van der Waals surface area contributed by atoms with Crippen LogP contribution in [0.5, 0.6) is 0 Å². The topological polar surface area (TPSA) is 86.7 Å². The fourth-order valence-corrected chi connectivity index (χ4v) is 2.64. The van der Waals surface area contributed by atoms with Gasteiger partial charge in [-0.2, -0.15) is 0 Å². The molecule has 0 radical (unpaired) electrons. The van der Waals surface area contributed by atoms with Crippen molar-refractivity contribution in [3.63, 3.8) is 0 Å². The fourth-order valence-electron chi connectivity index (χ4n) is 2.64. The highest BCUT2D eigenvalue weighted by atomic mass is 16.4. The molecule has 0 spiro atoms. The number of likely N-dealkylation sites (tertiary alicyclic amines) is 1. The van der Waals surface area contributed by atoms with Crippen LogP contribution in [-0.4, -0.2) is 40.9 Å². The van der Waals surface area contributed by atoms with Crippen molar-refractivity contribution in [1.82, 2.24) is 4.90 Å². The number of rotatable bonds is 3. The Bertz CT molecular complexity index is 604. The van der Waals surface area contributed by atoms with Gasteiger partial charge in [0.1, 0.15) is 0 Å². The number of anilines is 1. The summed E-state index contributed by atoms with van der Waals surface area (Å²) in [5.74, 6) is -1.43. The minimum Gasteiger partial charge on any atom is -0.478 e. The Morgan fingerprint density at radius 1 is 1.23 bits per heavy atom. The van der Waals surface area contributed by atoms with Gasteiger partial charge in [-0.25, -0.2) is 4.79 Å². The molecule has 0 saturated carbocycles. The van der Waals surface area contributed by atoms with E-state index in [4.69, 9.17) is 0 Å². The van der Waals surface area contributed by atoms with E-state index in [1.54, 1.807) is 24.0 Å². The van der Waals surface area contributed by atoms with Gasteiger partial charge in [0.05, 0.1) is 11.3 Å². The van der Waals surface area contributed by atoms with E-state index < -0.39 is 5.97 Å². The van der Waals surface area contributed by atoms with Crippen LogP contribution in [0.15, 0.2) is 18.2 Å². The third-order valence-corrected chi connectivity index (χ3v) is 3.97. The van der Waals surface area contributed by atoms with Gasteiger partial charge in [-0.05, 0) is 31.9 Å². The highest BCUT2D eigenvalue weighted by molar-refractivity contribution is 6.01. The molecule has 1 aromatic carbocycles. The molecule has 1 heterocycles. The molecule has 2 amide bonds. The Kier molecular flexibility index (Phi) is 4.80. The first-order chi connectivity index (χ1) is 10.4. The SMILES string of the molecule is CC(=O)N1CCC(C(=O)Nc2ccc(C)cc2C(=O)O)CC1. The third kappa shape index (κ3) is 3.63. The summed E-state index contributed by atoms with van der Waals surface area (Å²) in [4.78, 5) is 36.5. The normalized spacial score (nSPS) is 15.5. The van der Waals surface area contributed by atoms with Crippen molar-refractivity contribution in [3.8, 4) is 0 Å². The predicted octanol–water partition coefficient (Wildman–Crippen LogP) is 1.89. The number of carboxylic acid groups (broad SMARTS) is 1. The number of nitrogens with zero attached hydrogens (tertiary/aromatic N) is 1. The summed E-state index contributed by atoms with van der Waals surface area (Å²) < 4.78 is 0. The Morgan fingerprint density at radius 3 is 2.41 bits per heavy atom. The van der Waals surface area contributed by atoms with Crippen molar-refractivity contribution >= 4 is 23.5 Å². The van der Waals surface area contributed by atoms with E-state index in [1.165, 1.54) is 13.0 Å². The second kappa shape index (κ2) is 6.60. The van der Waals surface area contributed by atoms with Crippen LogP contribution >= 0.6 is 0 Å². The number of nitrogens with one attached hydrogen (secondary N) is 1. The van der Waals surface area contributed by atoms with E-state index in [9.17, 15) is 19.5 Å². The van der Waals surface area contributed by atoms with Crippen molar-refractivity contribution in [2.75, 3.05) is 18.4 Å². The van der Waals surface area contributed by atoms with Crippen LogP contribution in [0, 0.1) is 12.8 Å². The molecule has 6 heteroatoms. The summed E-state index contributed by atoms with van der Waals surface area (Å²) in [6.45, 7) is 4.45. The molecular weight excluding hydrogens is 284 g/mol. The van der Waals surface area contributed by atoms with Crippen LogP contribution in [0.25, 0.3) is 0 Å². The lowest BCUT2D eigenvalue weighted by Gasteiger charge is -2.30. The van der Waals surface area contributed by atoms with Crippen LogP contribution in [0.4, 0.5) is 5.69 Å². The van der Waals surface area contributed by atoms with E-state index in [0.29, 0.717) is 31.6 Å². The molecule has 22 heavy (non-hydrogen) atoms. The van der Waals surface area contributed by atoms with E-state index in [0.717, 1.165) is 5.56 Å². The zero-order chi connectivity index (χ0) is 16.3. The zero-order valence-electron chi connectivity index (χ0n) is 12.8. The van der Waals surface area contributed by atoms with Crippen LogP contribution in [0.2, 0.25) is 0 Å². The van der Waals surface area contributed by atoms with Gasteiger partial charge in [0.25, 0.3) is 0 Å². The number of amides is 2. The van der Waals surface area contributed by atoms with E-state index in [2.05, 4.69) is 5.32 Å². The van der Waals surface area contributed by atoms with Gasteiger partial charge in [0.2, 0.25) is 11.8 Å². The maximum absolute atomic E-state index is 12.3. The number of carbonyl (C=O) groups excluding carboxylic acids is 2. The summed E-state index contributed by atoms with van der Waals surface area (Å²) in [6, 6.07) is 4.91. The highest BCUT2D eigenvalue weighted by Crippen LogP contribution is 2.22. The van der Waals surface area contributed by atoms with Crippen molar-refractivity contribution in [2.24, 2.45) is 5.92 Å². The van der Waals surface area contributed by atoms with Gasteiger partial charge in [0, 0.05) is 25.9 Å². The van der Waals surface area contributed by atoms with Crippen molar-refractivity contribution in [1.29, 1.82) is 0 Å². The van der Waals surface area contributed by atoms with Crippen LogP contribution < -0.4 is 5.32 Å². The molecule has 0 aromatic heterocycles. The second-order valence-corrected chi connectivity index (χ2v) is 5.62. The standard InChI is InChI=1S/C16H20N2O4/c1-10-3-4-14(13(9-10)16(21)22)17-15(20)12-5-7-18(8-6-12)11(2)19/h3-4,9,12H,5-8H2,1-2H3,(H,17,20)(H,21,22). The maximum Gasteiger partial charge on any atom is 0.337 e. The molecule has 2 rings (SSSR count). The molecule has 0 unspecified atom stereocenters. The van der Waals surface area contributed by atoms with Crippen LogP contribution in [0.1, 0.15) is 35.7 Å². The van der Waals surface area contributed by atoms with Gasteiger partial charge in [-0.15, -0.1) is 0 Å². The molecule has 6 nitrogen and oxygen atoms in total. The Balaban J connectivity index is 2.04. The van der Waals surface area contributed by atoms with E-state index in [-0.39, 0.29) is 23.3 Å². The van der Waals surface area contributed by atoms with E-state index >= 15 is 0 Å². The quantitative estimate of drug-likeness (QED) is 0.892. The summed E-state index contributed by atoms with van der Waals surface area (Å²) in [5, 5.41) is 11.9. The second-order valence-electron chi connectivity index (χ2n) is 5.62. The monoisotopic (exact) mass is 304 g/mol. The van der Waals surface area contributed by atoms with Crippen LogP contribution in [0.3, 0.4) is 0 Å². The molecule has 1 saturated heterocycles. The molecule has 0 bridgehead atoms. The molecule has 0 atom stereocenters. The average molecular weight is 304 g/mol. The molecule has 1 aliphatic rings. The third-order valence-electron chi connectivity index (χ3n) is 3.97. The number of hydrogen-bond donors (Lipinski definition) is 2. The van der Waals surface area contributed by atoms with Crippen molar-refractivity contribution in [2.45, 2.75) is 26.7 Å². The first-order valence-corrected chi connectivity index (χ1v) is 7.29. The van der Waals surface area contributed by atoms with Gasteiger partial charge in [0.15, 0.2) is 0 Å². The highest BCUT2D eigenvalue weighted by Gasteiger charge is 2.26. The molecule has 2 N–H and O–H groups in total. The fraction of sp³-hybridized carbons (Fsp3) is 0.438. The van der Waals surface area contributed by atoms with Gasteiger partial charge >= 0.3 is 5.97 Å². The minimum atomic E-state index is -1.06. The summed E-state index contributed by atoms with van der Waals surface area (Å²) >= 11 is 0. The number of aryl methyl sites for hydroxylation is 1. The first kappa shape index (κ1) is 16.0. The van der Waals surface area contributed by atoms with E-state index in [1.807, 2.05) is 0 Å². The van der Waals surface area contributed by atoms with Crippen molar-refractivity contribution in [3.05, 3.63) is 29.3 Å². The summed E-state index contributed by atoms with van der Waals surface area (Å²) in [5.41, 5.74) is 1.23. The number of carboxylic acids is 1. The lowest BCUT2D eigenvalue weighted by Crippen LogP contribution is -2.40. The van der Waals surface area contributed by atoms with Gasteiger partial charge in [-0.3, -0.25) is 9.59 Å². The molecular formula is C16H20N2O4. The lowest BCUT2D eigenvalue weighted by molar-refractivity contribution is -0.132. The Morgan fingerprint density at radius 2 is 1.86 bits per heavy atom. The molecule has 0 aliphatic carbocycles. The molecule has 118 valence electrons. The van der Waals surface area contributed by atoms with Crippen LogP contribution in [-0.2, 0) is 9.59 Å². The number of aromatic carboxylic acids is 1. The Labute approximate surface area is 129 Å². The lowest BCUT2D eigenvalue weighted by atomic mass is 9.95. The average Bonchev–Trinajstić information content (AvgIpc) is 2.48. The Hall–Kier alpha value is -2.37. The number of carbonyl (C=O) groups is 3. The zero-order valence-corrected chi connectivity index (χ0v) is 12.8. The predicted molar refractivity (Wildman–Crippen MR) is 81.7 cm³/mol. The van der Waals surface area contributed by atoms with Gasteiger partial charge < -0.3 is 15.3 Å². The van der Waals surface area contributed by atoms with Gasteiger partial charge in [-0.1, -0.05) is 11.6 Å². The molecule has 1 fully saturated rings. The largest absolute Gasteiger partial charge is 0.478 e. The minimum absolute atomic E-state index is 0.0190. The number of hydrogen-bond acceptors (Lipinski definition) is 3. The first-order valence-electron chi connectivity index (χ1n) is 7.29. The molecule has 1 aliphatic heterocycles. The summed E-state index contributed by atoms with van der Waals surface area (Å²) in [7, 11) is 0. The number of benzene rings is 1. The maximum atomic E-state index is 12.3. The summed E-state index contributed by atoms with van der Waals surface area (Å²) in [6.07, 6.45) is 1.19. The molecule has 1 aromatic rings. The van der Waals surface area contributed by atoms with Crippen molar-refractivity contribution < 1.29 is 19.5 Å².